The molecule has 0 atom stereocenters. The summed E-state index contributed by atoms with van der Waals surface area (Å²) in [7, 11) is 0. The van der Waals surface area contributed by atoms with Gasteiger partial charge in [-0.2, -0.15) is 0 Å². The highest BCUT2D eigenvalue weighted by Crippen LogP contribution is 2.34. The fourth-order valence-electron chi connectivity index (χ4n) is 2.56. The first-order valence-corrected chi connectivity index (χ1v) is 7.53. The smallest absolute Gasteiger partial charge is 0.345 e. The van der Waals surface area contributed by atoms with Gasteiger partial charge in [-0.1, -0.05) is 17.7 Å². The van der Waals surface area contributed by atoms with E-state index in [1.54, 1.807) is 20.8 Å². The zero-order valence-electron chi connectivity index (χ0n) is 13.4. The Morgan fingerprint density at radius 3 is 2.39 bits per heavy atom. The second kappa shape index (κ2) is 7.22. The fourth-order valence-corrected chi connectivity index (χ4v) is 2.56. The van der Waals surface area contributed by atoms with Crippen molar-refractivity contribution in [1.29, 1.82) is 0 Å². The minimum absolute atomic E-state index is 0.0707. The highest BCUT2D eigenvalue weighted by Gasteiger charge is 2.34. The van der Waals surface area contributed by atoms with E-state index in [2.05, 4.69) is 0 Å². The Hall–Kier alpha value is -2.43. The van der Waals surface area contributed by atoms with E-state index in [1.807, 2.05) is 0 Å². The van der Waals surface area contributed by atoms with Crippen molar-refractivity contribution in [2.75, 3.05) is 13.2 Å². The van der Waals surface area contributed by atoms with Gasteiger partial charge in [0.25, 0.3) is 0 Å². The first kappa shape index (κ1) is 16.9. The molecule has 1 aliphatic rings. The largest absolute Gasteiger partial charge is 0.497 e. The Morgan fingerprint density at radius 1 is 1.17 bits per heavy atom. The van der Waals surface area contributed by atoms with Crippen LogP contribution in [0.4, 0.5) is 4.39 Å². The van der Waals surface area contributed by atoms with Crippen LogP contribution in [0.5, 0.6) is 0 Å². The number of benzene rings is 1. The van der Waals surface area contributed by atoms with Gasteiger partial charge >= 0.3 is 5.97 Å². The van der Waals surface area contributed by atoms with Crippen molar-refractivity contribution < 1.29 is 23.5 Å². The van der Waals surface area contributed by atoms with Gasteiger partial charge in [-0.05, 0) is 38.5 Å². The van der Waals surface area contributed by atoms with Crippen LogP contribution in [0.2, 0.25) is 0 Å². The van der Waals surface area contributed by atoms with Crippen LogP contribution in [0.3, 0.4) is 0 Å². The molecule has 0 fully saturated rings. The number of rotatable bonds is 5. The summed E-state index contributed by atoms with van der Waals surface area (Å²) in [4.78, 5) is 25.0. The first-order chi connectivity index (χ1) is 11.0. The minimum atomic E-state index is -0.687. The van der Waals surface area contributed by atoms with E-state index in [0.717, 1.165) is 5.57 Å². The van der Waals surface area contributed by atoms with Crippen LogP contribution < -0.4 is 0 Å². The molecule has 5 heteroatoms. The number of ether oxygens (including phenoxy) is 2. The lowest BCUT2D eigenvalue weighted by molar-refractivity contribution is -0.139. The summed E-state index contributed by atoms with van der Waals surface area (Å²) in [5.74, 6) is -1.18. The molecule has 2 rings (SSSR count). The maximum Gasteiger partial charge on any atom is 0.345 e. The van der Waals surface area contributed by atoms with Gasteiger partial charge in [0.1, 0.15) is 17.1 Å². The lowest BCUT2D eigenvalue weighted by Gasteiger charge is -2.22. The molecule has 0 saturated carbocycles. The third kappa shape index (κ3) is 3.50. The molecular weight excluding hydrogens is 299 g/mol. The second-order valence-electron chi connectivity index (χ2n) is 5.12. The fraction of sp³-hybridized carbons (Fsp3) is 0.333. The quantitative estimate of drug-likeness (QED) is 0.616. The Morgan fingerprint density at radius 2 is 1.83 bits per heavy atom. The number of allylic oxidation sites excluding steroid dienone is 2. The number of ketones is 1. The van der Waals surface area contributed by atoms with Gasteiger partial charge in [-0.3, -0.25) is 4.79 Å². The SMILES string of the molecule is CCOC(=O)C1=C(OCC)CC(C)=C(c2ccc(F)cc2)C1=O. The molecule has 23 heavy (non-hydrogen) atoms. The van der Waals surface area contributed by atoms with E-state index < -0.39 is 11.8 Å². The number of hydrogen-bond donors (Lipinski definition) is 0. The van der Waals surface area contributed by atoms with Crippen LogP contribution >= 0.6 is 0 Å². The van der Waals surface area contributed by atoms with Crippen molar-refractivity contribution in [1.82, 2.24) is 0 Å². The number of carbonyl (C=O) groups excluding carboxylic acids is 2. The van der Waals surface area contributed by atoms with E-state index in [-0.39, 0.29) is 18.0 Å². The number of Topliss-reactive ketones (excluding diaryl/α,β-unsaturated/α-hetero) is 1. The van der Waals surface area contributed by atoms with Gasteiger partial charge in [0.15, 0.2) is 0 Å². The molecule has 0 bridgehead atoms. The van der Waals surface area contributed by atoms with Gasteiger partial charge < -0.3 is 9.47 Å². The van der Waals surface area contributed by atoms with E-state index in [1.165, 1.54) is 24.3 Å². The second-order valence-corrected chi connectivity index (χ2v) is 5.12. The monoisotopic (exact) mass is 318 g/mol. The van der Waals surface area contributed by atoms with Crippen molar-refractivity contribution in [3.8, 4) is 0 Å². The molecule has 0 spiro atoms. The molecule has 0 amide bonds. The van der Waals surface area contributed by atoms with Crippen LogP contribution in [-0.2, 0) is 19.1 Å². The maximum atomic E-state index is 13.1. The number of carbonyl (C=O) groups is 2. The summed E-state index contributed by atoms with van der Waals surface area (Å²) in [5, 5.41) is 0. The molecule has 0 aromatic heterocycles. The molecule has 0 heterocycles. The molecule has 0 radical (unpaired) electrons. The van der Waals surface area contributed by atoms with E-state index >= 15 is 0 Å². The summed E-state index contributed by atoms with van der Waals surface area (Å²) >= 11 is 0. The van der Waals surface area contributed by atoms with Crippen LogP contribution in [0.25, 0.3) is 5.57 Å². The summed E-state index contributed by atoms with van der Waals surface area (Å²) < 4.78 is 23.6. The molecule has 1 aliphatic carbocycles. The molecule has 0 unspecified atom stereocenters. The molecule has 0 N–H and O–H groups in total. The van der Waals surface area contributed by atoms with Gasteiger partial charge in [0, 0.05) is 12.0 Å². The van der Waals surface area contributed by atoms with Crippen molar-refractivity contribution in [3.05, 3.63) is 52.6 Å². The molecule has 1 aromatic rings. The van der Waals surface area contributed by atoms with Gasteiger partial charge in [0.2, 0.25) is 5.78 Å². The van der Waals surface area contributed by atoms with Crippen LogP contribution in [0.15, 0.2) is 41.2 Å². The van der Waals surface area contributed by atoms with Crippen molar-refractivity contribution in [2.24, 2.45) is 0 Å². The minimum Gasteiger partial charge on any atom is -0.497 e. The molecule has 122 valence electrons. The van der Waals surface area contributed by atoms with Crippen LogP contribution in [0.1, 0.15) is 32.8 Å². The van der Waals surface area contributed by atoms with E-state index in [0.29, 0.717) is 29.9 Å². The normalized spacial score (nSPS) is 15.0. The first-order valence-electron chi connectivity index (χ1n) is 7.53. The zero-order chi connectivity index (χ0) is 17.0. The highest BCUT2D eigenvalue weighted by atomic mass is 19.1. The molecule has 0 saturated heterocycles. The van der Waals surface area contributed by atoms with Crippen molar-refractivity contribution >= 4 is 17.3 Å². The zero-order valence-corrected chi connectivity index (χ0v) is 13.4. The average molecular weight is 318 g/mol. The average Bonchev–Trinajstić information content (AvgIpc) is 2.49. The van der Waals surface area contributed by atoms with Gasteiger partial charge in [-0.25, -0.2) is 9.18 Å². The lowest BCUT2D eigenvalue weighted by atomic mass is 9.85. The summed E-state index contributed by atoms with van der Waals surface area (Å²) in [5.41, 5.74) is 1.68. The third-order valence-corrected chi connectivity index (χ3v) is 3.52. The van der Waals surface area contributed by atoms with Crippen LogP contribution in [0, 0.1) is 5.82 Å². The van der Waals surface area contributed by atoms with Crippen molar-refractivity contribution in [2.45, 2.75) is 27.2 Å². The predicted molar refractivity (Wildman–Crippen MR) is 83.9 cm³/mol. The topological polar surface area (TPSA) is 52.6 Å². The Bertz CT molecular complexity index is 683. The predicted octanol–water partition coefficient (Wildman–Crippen LogP) is 3.43. The van der Waals surface area contributed by atoms with Gasteiger partial charge in [0.05, 0.1) is 13.2 Å². The van der Waals surface area contributed by atoms with E-state index in [4.69, 9.17) is 9.47 Å². The maximum absolute atomic E-state index is 13.1. The molecular formula is C18H19FO4. The summed E-state index contributed by atoms with van der Waals surface area (Å²) in [6.07, 6.45) is 0.348. The third-order valence-electron chi connectivity index (χ3n) is 3.52. The number of hydrogen-bond acceptors (Lipinski definition) is 4. The standard InChI is InChI=1S/C18H19FO4/c1-4-22-14-10-11(3)15(12-6-8-13(19)9-7-12)17(20)16(14)18(21)23-5-2/h6-9H,4-5,10H2,1-3H3. The summed E-state index contributed by atoms with van der Waals surface area (Å²) in [6, 6.07) is 5.63. The van der Waals surface area contributed by atoms with Crippen LogP contribution in [-0.4, -0.2) is 25.0 Å². The Balaban J connectivity index is 2.47. The molecule has 4 nitrogen and oxygen atoms in total. The lowest BCUT2D eigenvalue weighted by Crippen LogP contribution is -2.24. The number of esters is 1. The van der Waals surface area contributed by atoms with Crippen molar-refractivity contribution in [3.63, 3.8) is 0 Å². The molecule has 1 aromatic carbocycles. The van der Waals surface area contributed by atoms with Gasteiger partial charge in [-0.15, -0.1) is 0 Å². The van der Waals surface area contributed by atoms with E-state index in [9.17, 15) is 14.0 Å². The molecule has 0 aliphatic heterocycles. The Kier molecular flexibility index (Phi) is 5.32. The Labute approximate surface area is 134 Å². The number of halogens is 1. The summed E-state index contributed by atoms with van der Waals surface area (Å²) in [6.45, 7) is 5.79. The highest BCUT2D eigenvalue weighted by molar-refractivity contribution is 6.38.